The summed E-state index contributed by atoms with van der Waals surface area (Å²) in [6, 6.07) is 3.65. The molecule has 0 radical (unpaired) electrons. The van der Waals surface area contributed by atoms with Crippen LogP contribution in [-0.2, 0) is 16.0 Å². The smallest absolute Gasteiger partial charge is 0.422 e. The molecule has 0 aromatic heterocycles. The molecule has 1 heterocycles. The van der Waals surface area contributed by atoms with Gasteiger partial charge in [-0.1, -0.05) is 6.07 Å². The molecule has 27 heavy (non-hydrogen) atoms. The topological polar surface area (TPSA) is 76.1 Å². The van der Waals surface area contributed by atoms with Crippen molar-refractivity contribution in [2.75, 3.05) is 20.3 Å². The first kappa shape index (κ1) is 20.9. The summed E-state index contributed by atoms with van der Waals surface area (Å²) in [5, 5.41) is 9.24. The van der Waals surface area contributed by atoms with Gasteiger partial charge in [0.1, 0.15) is 6.04 Å². The van der Waals surface area contributed by atoms with Gasteiger partial charge in [-0.15, -0.1) is 0 Å². The first-order valence-corrected chi connectivity index (χ1v) is 8.60. The molecule has 1 aliphatic heterocycles. The Kier molecular flexibility index (Phi) is 6.92. The Labute approximate surface area is 154 Å². The van der Waals surface area contributed by atoms with Crippen molar-refractivity contribution < 1.29 is 37.3 Å². The number of aryl methyl sites for hydroxylation is 1. The molecule has 1 saturated heterocycles. The zero-order valence-electron chi connectivity index (χ0n) is 14.9. The van der Waals surface area contributed by atoms with E-state index in [1.165, 1.54) is 24.1 Å². The number of carboxylic acids is 1. The molecular weight excluding hydrogens is 367 g/mol. The molecule has 0 aliphatic carbocycles. The minimum Gasteiger partial charge on any atom is -0.493 e. The Morgan fingerprint density at radius 1 is 1.26 bits per heavy atom. The number of nitrogens with zero attached hydrogens (tertiary/aromatic N) is 1. The standard InChI is InChI=1S/C18H22F3NO5/c1-26-15-10-12(5-7-14(15)27-11-18(19,20)21)6-8-16(23)22-9-3-2-4-13(22)17(24)25/h5,7,10,13H,2-4,6,8-9,11H2,1H3,(H,24,25)/t13-/m1/s1. The number of hydrogen-bond donors (Lipinski definition) is 1. The number of aliphatic carboxylic acids is 1. The summed E-state index contributed by atoms with van der Waals surface area (Å²) in [6.07, 6.45) is -2.04. The summed E-state index contributed by atoms with van der Waals surface area (Å²) in [5.74, 6) is -1.15. The summed E-state index contributed by atoms with van der Waals surface area (Å²) in [5.41, 5.74) is 0.684. The van der Waals surface area contributed by atoms with Gasteiger partial charge in [-0.3, -0.25) is 4.79 Å². The van der Waals surface area contributed by atoms with E-state index in [2.05, 4.69) is 0 Å². The summed E-state index contributed by atoms with van der Waals surface area (Å²) in [4.78, 5) is 25.1. The number of halogens is 3. The molecule has 1 atom stereocenters. The number of ether oxygens (including phenoxy) is 2. The number of carboxylic acid groups (broad SMARTS) is 1. The average Bonchev–Trinajstić information content (AvgIpc) is 2.63. The molecule has 2 rings (SSSR count). The van der Waals surface area contributed by atoms with E-state index in [0.717, 1.165) is 12.8 Å². The number of likely N-dealkylation sites (tertiary alicyclic amines) is 1. The van der Waals surface area contributed by atoms with Crippen LogP contribution in [0.5, 0.6) is 11.5 Å². The SMILES string of the molecule is COc1cc(CCC(=O)N2CCCC[C@@H]2C(=O)O)ccc1OCC(F)(F)F. The third-order valence-corrected chi connectivity index (χ3v) is 4.36. The fourth-order valence-corrected chi connectivity index (χ4v) is 3.03. The number of rotatable bonds is 7. The zero-order chi connectivity index (χ0) is 20.0. The molecule has 6 nitrogen and oxygen atoms in total. The van der Waals surface area contributed by atoms with Gasteiger partial charge in [0.2, 0.25) is 5.91 Å². The van der Waals surface area contributed by atoms with Crippen LogP contribution in [0.1, 0.15) is 31.2 Å². The van der Waals surface area contributed by atoms with Crippen LogP contribution in [0.15, 0.2) is 18.2 Å². The molecule has 9 heteroatoms. The van der Waals surface area contributed by atoms with Crippen molar-refractivity contribution in [3.05, 3.63) is 23.8 Å². The van der Waals surface area contributed by atoms with Gasteiger partial charge in [0.05, 0.1) is 7.11 Å². The quantitative estimate of drug-likeness (QED) is 0.776. The van der Waals surface area contributed by atoms with E-state index in [1.807, 2.05) is 0 Å². The lowest BCUT2D eigenvalue weighted by Gasteiger charge is -2.33. The molecule has 1 fully saturated rings. The Hall–Kier alpha value is -2.45. The number of hydrogen-bond acceptors (Lipinski definition) is 4. The predicted molar refractivity (Wildman–Crippen MR) is 89.9 cm³/mol. The van der Waals surface area contributed by atoms with E-state index in [-0.39, 0.29) is 23.8 Å². The van der Waals surface area contributed by atoms with Crippen molar-refractivity contribution in [1.29, 1.82) is 0 Å². The van der Waals surface area contributed by atoms with Crippen LogP contribution in [0, 0.1) is 0 Å². The predicted octanol–water partition coefficient (Wildman–Crippen LogP) is 3.03. The summed E-state index contributed by atoms with van der Waals surface area (Å²) >= 11 is 0. The number of amides is 1. The first-order valence-electron chi connectivity index (χ1n) is 8.60. The number of methoxy groups -OCH3 is 1. The Balaban J connectivity index is 1.98. The van der Waals surface area contributed by atoms with E-state index in [9.17, 15) is 27.9 Å². The fourth-order valence-electron chi connectivity index (χ4n) is 3.03. The van der Waals surface area contributed by atoms with Crippen LogP contribution in [0.3, 0.4) is 0 Å². The minimum absolute atomic E-state index is 0.0353. The van der Waals surface area contributed by atoms with Crippen LogP contribution in [0.4, 0.5) is 13.2 Å². The second kappa shape index (κ2) is 8.96. The second-order valence-corrected chi connectivity index (χ2v) is 6.33. The molecule has 1 N–H and O–H groups in total. The highest BCUT2D eigenvalue weighted by Gasteiger charge is 2.31. The molecule has 1 aromatic carbocycles. The monoisotopic (exact) mass is 389 g/mol. The normalized spacial score (nSPS) is 17.5. The van der Waals surface area contributed by atoms with Crippen molar-refractivity contribution in [2.24, 2.45) is 0 Å². The third kappa shape index (κ3) is 6.04. The zero-order valence-corrected chi connectivity index (χ0v) is 14.9. The largest absolute Gasteiger partial charge is 0.493 e. The van der Waals surface area contributed by atoms with E-state index in [1.54, 1.807) is 6.07 Å². The van der Waals surface area contributed by atoms with Crippen molar-refractivity contribution in [3.63, 3.8) is 0 Å². The summed E-state index contributed by atoms with van der Waals surface area (Å²) in [6.45, 7) is -1.00. The third-order valence-electron chi connectivity index (χ3n) is 4.36. The van der Waals surface area contributed by atoms with Gasteiger partial charge in [0.15, 0.2) is 18.1 Å². The lowest BCUT2D eigenvalue weighted by Crippen LogP contribution is -2.48. The van der Waals surface area contributed by atoms with E-state index < -0.39 is 24.8 Å². The molecule has 0 saturated carbocycles. The number of piperidine rings is 1. The van der Waals surface area contributed by atoms with Crippen LogP contribution < -0.4 is 9.47 Å². The van der Waals surface area contributed by atoms with Gasteiger partial charge in [0.25, 0.3) is 0 Å². The molecule has 1 aliphatic rings. The highest BCUT2D eigenvalue weighted by molar-refractivity contribution is 5.84. The Morgan fingerprint density at radius 2 is 2.00 bits per heavy atom. The van der Waals surface area contributed by atoms with Gasteiger partial charge in [-0.25, -0.2) is 4.79 Å². The lowest BCUT2D eigenvalue weighted by atomic mass is 10.0. The minimum atomic E-state index is -4.45. The number of carbonyl (C=O) groups excluding carboxylic acids is 1. The first-order chi connectivity index (χ1) is 12.7. The van der Waals surface area contributed by atoms with Crippen molar-refractivity contribution in [2.45, 2.75) is 44.3 Å². The van der Waals surface area contributed by atoms with Gasteiger partial charge >= 0.3 is 12.1 Å². The van der Waals surface area contributed by atoms with E-state index >= 15 is 0 Å². The number of carbonyl (C=O) groups is 2. The van der Waals surface area contributed by atoms with Gasteiger partial charge in [-0.2, -0.15) is 13.2 Å². The molecule has 0 spiro atoms. The maximum atomic E-state index is 12.4. The van der Waals surface area contributed by atoms with Crippen molar-refractivity contribution in [1.82, 2.24) is 4.90 Å². The van der Waals surface area contributed by atoms with E-state index in [0.29, 0.717) is 24.9 Å². The fraction of sp³-hybridized carbons (Fsp3) is 0.556. The Morgan fingerprint density at radius 3 is 2.63 bits per heavy atom. The lowest BCUT2D eigenvalue weighted by molar-refractivity contribution is -0.153. The maximum Gasteiger partial charge on any atom is 0.422 e. The number of alkyl halides is 3. The average molecular weight is 389 g/mol. The van der Waals surface area contributed by atoms with Crippen LogP contribution in [0.25, 0.3) is 0 Å². The van der Waals surface area contributed by atoms with Crippen LogP contribution >= 0.6 is 0 Å². The highest BCUT2D eigenvalue weighted by Crippen LogP contribution is 2.30. The maximum absolute atomic E-state index is 12.4. The van der Waals surface area contributed by atoms with Crippen molar-refractivity contribution in [3.8, 4) is 11.5 Å². The molecule has 1 amide bonds. The van der Waals surface area contributed by atoms with Gasteiger partial charge < -0.3 is 19.5 Å². The second-order valence-electron chi connectivity index (χ2n) is 6.33. The number of benzene rings is 1. The van der Waals surface area contributed by atoms with Crippen LogP contribution in [-0.4, -0.2) is 54.4 Å². The molecule has 1 aromatic rings. The van der Waals surface area contributed by atoms with Gasteiger partial charge in [-0.05, 0) is 43.4 Å². The molecule has 0 bridgehead atoms. The van der Waals surface area contributed by atoms with E-state index in [4.69, 9.17) is 9.47 Å². The molecule has 0 unspecified atom stereocenters. The highest BCUT2D eigenvalue weighted by atomic mass is 19.4. The van der Waals surface area contributed by atoms with Crippen molar-refractivity contribution >= 4 is 11.9 Å². The summed E-state index contributed by atoms with van der Waals surface area (Å²) in [7, 11) is 1.32. The summed E-state index contributed by atoms with van der Waals surface area (Å²) < 4.78 is 46.6. The molecule has 150 valence electrons. The van der Waals surface area contributed by atoms with Crippen LogP contribution in [0.2, 0.25) is 0 Å². The molecular formula is C18H22F3NO5. The Bertz CT molecular complexity index is 677. The van der Waals surface area contributed by atoms with Gasteiger partial charge in [0, 0.05) is 13.0 Å².